The van der Waals surface area contributed by atoms with Crippen LogP contribution in [-0.2, 0) is 6.54 Å². The third-order valence-electron chi connectivity index (χ3n) is 2.88. The summed E-state index contributed by atoms with van der Waals surface area (Å²) in [5.41, 5.74) is 0.732. The van der Waals surface area contributed by atoms with Crippen molar-refractivity contribution in [1.29, 1.82) is 0 Å². The molecule has 1 N–H and O–H groups in total. The van der Waals surface area contributed by atoms with Crippen molar-refractivity contribution in [2.24, 2.45) is 0 Å². The summed E-state index contributed by atoms with van der Waals surface area (Å²) >= 11 is 0. The van der Waals surface area contributed by atoms with Gasteiger partial charge in [-0.1, -0.05) is 19.9 Å². The minimum atomic E-state index is -2.51. The number of fused-ring (bicyclic) bond motifs is 1. The maximum absolute atomic E-state index is 12.7. The van der Waals surface area contributed by atoms with E-state index in [0.717, 1.165) is 0 Å². The van der Waals surface area contributed by atoms with E-state index >= 15 is 0 Å². The number of aromatic carboxylic acids is 1. The van der Waals surface area contributed by atoms with E-state index in [0.29, 0.717) is 11.3 Å². The monoisotopic (exact) mass is 268 g/mol. The van der Waals surface area contributed by atoms with Gasteiger partial charge in [0.2, 0.25) is 0 Å². The quantitative estimate of drug-likeness (QED) is 0.926. The van der Waals surface area contributed by atoms with Gasteiger partial charge < -0.3 is 9.67 Å². The van der Waals surface area contributed by atoms with Gasteiger partial charge in [-0.3, -0.25) is 0 Å². The fourth-order valence-electron chi connectivity index (χ4n) is 2.11. The predicted molar refractivity (Wildman–Crippen MR) is 66.8 cm³/mol. The maximum Gasteiger partial charge on any atom is 0.337 e. The number of carbonyl (C=O) groups is 1. The van der Waals surface area contributed by atoms with Gasteiger partial charge in [-0.15, -0.1) is 0 Å². The number of carboxylic acid groups (broad SMARTS) is 1. The molecule has 2 rings (SSSR count). The fraction of sp³-hybridized carbons (Fsp3) is 0.385. The second kappa shape index (κ2) is 4.95. The van der Waals surface area contributed by atoms with Crippen LogP contribution in [0.4, 0.5) is 8.78 Å². The number of halogens is 2. The lowest BCUT2D eigenvalue weighted by molar-refractivity contribution is 0.0699. The van der Waals surface area contributed by atoms with Gasteiger partial charge in [0.1, 0.15) is 11.3 Å². The van der Waals surface area contributed by atoms with Crippen LogP contribution in [0.15, 0.2) is 18.2 Å². The summed E-state index contributed by atoms with van der Waals surface area (Å²) in [6.45, 7) is 3.19. The summed E-state index contributed by atoms with van der Waals surface area (Å²) in [6.07, 6.45) is -2.51. The van der Waals surface area contributed by atoms with Gasteiger partial charge in [-0.05, 0) is 12.1 Å². The maximum atomic E-state index is 12.7. The third-order valence-corrected chi connectivity index (χ3v) is 2.88. The molecule has 19 heavy (non-hydrogen) atoms. The number of alkyl halides is 2. The van der Waals surface area contributed by atoms with Crippen molar-refractivity contribution in [3.8, 4) is 0 Å². The standard InChI is InChI=1S/C13H14F2N2O2/c1-7(2)12-16-11-8(13(18)19)4-3-5-9(11)17(12)6-10(14)15/h3-5,7,10H,6H2,1-2H3,(H,18,19). The van der Waals surface area contributed by atoms with E-state index in [1.165, 1.54) is 10.6 Å². The molecular formula is C13H14F2N2O2. The van der Waals surface area contributed by atoms with Gasteiger partial charge in [-0.2, -0.15) is 0 Å². The zero-order valence-electron chi connectivity index (χ0n) is 10.6. The molecule has 4 nitrogen and oxygen atoms in total. The van der Waals surface area contributed by atoms with Crippen molar-refractivity contribution in [3.63, 3.8) is 0 Å². The second-order valence-corrected chi connectivity index (χ2v) is 4.60. The zero-order chi connectivity index (χ0) is 14.2. The first-order chi connectivity index (χ1) is 8.91. The van der Waals surface area contributed by atoms with Gasteiger partial charge in [0.05, 0.1) is 17.6 Å². The molecule has 0 saturated heterocycles. The first-order valence-electron chi connectivity index (χ1n) is 5.92. The molecule has 1 aromatic carbocycles. The van der Waals surface area contributed by atoms with E-state index in [4.69, 9.17) is 5.11 Å². The summed E-state index contributed by atoms with van der Waals surface area (Å²) in [7, 11) is 0. The van der Waals surface area contributed by atoms with Gasteiger partial charge in [0, 0.05) is 5.92 Å². The largest absolute Gasteiger partial charge is 0.478 e. The number of benzene rings is 1. The SMILES string of the molecule is CC(C)c1nc2c(C(=O)O)cccc2n1CC(F)F. The average molecular weight is 268 g/mol. The van der Waals surface area contributed by atoms with Crippen LogP contribution in [0.3, 0.4) is 0 Å². The highest BCUT2D eigenvalue weighted by Crippen LogP contribution is 2.25. The van der Waals surface area contributed by atoms with Crippen molar-refractivity contribution in [2.75, 3.05) is 0 Å². The van der Waals surface area contributed by atoms with Crippen LogP contribution < -0.4 is 0 Å². The van der Waals surface area contributed by atoms with Gasteiger partial charge in [0.15, 0.2) is 0 Å². The van der Waals surface area contributed by atoms with Gasteiger partial charge >= 0.3 is 5.97 Å². The van der Waals surface area contributed by atoms with Crippen molar-refractivity contribution < 1.29 is 18.7 Å². The molecule has 0 saturated carbocycles. The molecule has 0 aliphatic carbocycles. The van der Waals surface area contributed by atoms with E-state index < -0.39 is 18.9 Å². The molecule has 0 spiro atoms. The smallest absolute Gasteiger partial charge is 0.337 e. The molecule has 1 heterocycles. The summed E-state index contributed by atoms with van der Waals surface area (Å²) in [6, 6.07) is 4.58. The van der Waals surface area contributed by atoms with E-state index in [2.05, 4.69) is 4.98 Å². The number of imidazole rings is 1. The Morgan fingerprint density at radius 2 is 2.11 bits per heavy atom. The third kappa shape index (κ3) is 2.43. The lowest BCUT2D eigenvalue weighted by atomic mass is 10.2. The van der Waals surface area contributed by atoms with E-state index in [1.807, 2.05) is 13.8 Å². The Morgan fingerprint density at radius 1 is 1.42 bits per heavy atom. The molecule has 1 aromatic heterocycles. The highest BCUT2D eigenvalue weighted by molar-refractivity contribution is 6.01. The van der Waals surface area contributed by atoms with Crippen LogP contribution in [-0.4, -0.2) is 27.1 Å². The first-order valence-corrected chi connectivity index (χ1v) is 5.92. The van der Waals surface area contributed by atoms with Crippen molar-refractivity contribution in [2.45, 2.75) is 32.7 Å². The van der Waals surface area contributed by atoms with Crippen LogP contribution in [0.2, 0.25) is 0 Å². The van der Waals surface area contributed by atoms with Crippen LogP contribution in [0.1, 0.15) is 35.9 Å². The van der Waals surface area contributed by atoms with Gasteiger partial charge in [-0.25, -0.2) is 18.6 Å². The molecule has 6 heteroatoms. The molecule has 0 unspecified atom stereocenters. The number of aromatic nitrogens is 2. The van der Waals surface area contributed by atoms with Crippen molar-refractivity contribution in [3.05, 3.63) is 29.6 Å². The molecular weight excluding hydrogens is 254 g/mol. The highest BCUT2D eigenvalue weighted by atomic mass is 19.3. The molecule has 0 amide bonds. The Kier molecular flexibility index (Phi) is 3.50. The Balaban J connectivity index is 2.73. The molecule has 0 radical (unpaired) electrons. The Morgan fingerprint density at radius 3 is 2.63 bits per heavy atom. The molecule has 0 atom stereocenters. The minimum Gasteiger partial charge on any atom is -0.478 e. The Hall–Kier alpha value is -1.98. The topological polar surface area (TPSA) is 55.1 Å². The van der Waals surface area contributed by atoms with Crippen molar-refractivity contribution >= 4 is 17.0 Å². The summed E-state index contributed by atoms with van der Waals surface area (Å²) in [5, 5.41) is 9.11. The van der Waals surface area contributed by atoms with Crippen LogP contribution in [0.25, 0.3) is 11.0 Å². The molecule has 0 aliphatic rings. The second-order valence-electron chi connectivity index (χ2n) is 4.60. The predicted octanol–water partition coefficient (Wildman–Crippen LogP) is 3.12. The van der Waals surface area contributed by atoms with Crippen LogP contribution in [0.5, 0.6) is 0 Å². The van der Waals surface area contributed by atoms with E-state index in [-0.39, 0.29) is 17.0 Å². The first kappa shape index (κ1) is 13.5. The highest BCUT2D eigenvalue weighted by Gasteiger charge is 2.20. The number of carboxylic acids is 1. The number of para-hydroxylation sites is 1. The zero-order valence-corrected chi connectivity index (χ0v) is 10.6. The lowest BCUT2D eigenvalue weighted by Gasteiger charge is -2.10. The molecule has 0 bridgehead atoms. The summed E-state index contributed by atoms with van der Waals surface area (Å²) < 4.78 is 26.7. The number of hydrogen-bond acceptors (Lipinski definition) is 2. The fourth-order valence-corrected chi connectivity index (χ4v) is 2.11. The Bertz CT molecular complexity index is 620. The minimum absolute atomic E-state index is 0.0346. The molecule has 0 fully saturated rings. The lowest BCUT2D eigenvalue weighted by Crippen LogP contribution is -2.11. The average Bonchev–Trinajstić information content (AvgIpc) is 2.67. The summed E-state index contributed by atoms with van der Waals surface area (Å²) in [4.78, 5) is 15.4. The normalized spacial score (nSPS) is 11.7. The van der Waals surface area contributed by atoms with E-state index in [9.17, 15) is 13.6 Å². The Labute approximate surface area is 108 Å². The summed E-state index contributed by atoms with van der Waals surface area (Å²) in [5.74, 6) is -0.695. The molecule has 102 valence electrons. The number of hydrogen-bond donors (Lipinski definition) is 1. The molecule has 2 aromatic rings. The van der Waals surface area contributed by atoms with Gasteiger partial charge in [0.25, 0.3) is 6.43 Å². The van der Waals surface area contributed by atoms with Crippen LogP contribution >= 0.6 is 0 Å². The number of nitrogens with zero attached hydrogens (tertiary/aromatic N) is 2. The molecule has 0 aliphatic heterocycles. The van der Waals surface area contributed by atoms with Crippen LogP contribution in [0, 0.1) is 0 Å². The number of rotatable bonds is 4. The van der Waals surface area contributed by atoms with Crippen molar-refractivity contribution in [1.82, 2.24) is 9.55 Å². The van der Waals surface area contributed by atoms with E-state index in [1.54, 1.807) is 12.1 Å².